The number of aliphatic imine (C=N–C) groups is 1. The van der Waals surface area contributed by atoms with Crippen molar-refractivity contribution in [1.82, 2.24) is 4.90 Å². The van der Waals surface area contributed by atoms with E-state index in [1.807, 2.05) is 9.80 Å². The van der Waals surface area contributed by atoms with Gasteiger partial charge in [0.2, 0.25) is 5.96 Å². The second-order valence-electron chi connectivity index (χ2n) is 9.19. The number of carbonyl (C=O) groups excluding carboxylic acids is 1. The number of nitroso groups, excluding NO2 is 1. The van der Waals surface area contributed by atoms with E-state index in [1.165, 1.54) is 41.3 Å². The minimum absolute atomic E-state index is 0.100. The molecule has 0 spiro atoms. The van der Waals surface area contributed by atoms with Crippen molar-refractivity contribution in [3.63, 3.8) is 0 Å². The lowest BCUT2D eigenvalue weighted by Crippen LogP contribution is -2.55. The Bertz CT molecular complexity index is 1420. The molecule has 0 bridgehead atoms. The largest absolute Gasteiger partial charge is 0.416 e. The normalized spacial score (nSPS) is 17.5. The number of carbonyl (C=O) groups is 1. The average molecular weight is 543 g/mol. The van der Waals surface area contributed by atoms with E-state index in [9.17, 15) is 31.7 Å². The van der Waals surface area contributed by atoms with Gasteiger partial charge >= 0.3 is 6.18 Å². The predicted molar refractivity (Wildman–Crippen MR) is 136 cm³/mol. The van der Waals surface area contributed by atoms with Crippen molar-refractivity contribution in [3.05, 3.63) is 94.4 Å². The van der Waals surface area contributed by atoms with Crippen LogP contribution in [0.25, 0.3) is 0 Å². The molecule has 3 aromatic rings. The summed E-state index contributed by atoms with van der Waals surface area (Å²) in [5.41, 5.74) is 0.592. The Morgan fingerprint density at radius 1 is 0.872 bits per heavy atom. The number of rotatable bonds is 4. The number of amides is 1. The van der Waals surface area contributed by atoms with Crippen molar-refractivity contribution >= 4 is 28.9 Å². The lowest BCUT2D eigenvalue weighted by atomic mass is 9.96. The van der Waals surface area contributed by atoms with Gasteiger partial charge in [-0.05, 0) is 54.6 Å². The van der Waals surface area contributed by atoms with Crippen LogP contribution in [-0.2, 0) is 11.0 Å². The topological polar surface area (TPSA) is 68.6 Å². The summed E-state index contributed by atoms with van der Waals surface area (Å²) in [7, 11) is 0. The lowest BCUT2D eigenvalue weighted by molar-refractivity contribution is -0.137. The number of guanidine groups is 1. The van der Waals surface area contributed by atoms with Crippen LogP contribution in [0.1, 0.15) is 23.6 Å². The molecule has 2 aliphatic rings. The molecule has 2 aliphatic heterocycles. The van der Waals surface area contributed by atoms with Crippen molar-refractivity contribution in [2.75, 3.05) is 36.0 Å². The van der Waals surface area contributed by atoms with Crippen molar-refractivity contribution < 1.29 is 26.7 Å². The van der Waals surface area contributed by atoms with E-state index in [0.29, 0.717) is 31.7 Å². The Balaban J connectivity index is 1.56. The van der Waals surface area contributed by atoms with E-state index < -0.39 is 35.9 Å². The molecule has 1 fully saturated rings. The summed E-state index contributed by atoms with van der Waals surface area (Å²) in [5.74, 6) is -1.73. The molecule has 0 radical (unpaired) electrons. The lowest BCUT2D eigenvalue weighted by Gasteiger charge is -2.45. The highest BCUT2D eigenvalue weighted by Crippen LogP contribution is 2.42. The molecular weight excluding hydrogens is 521 g/mol. The van der Waals surface area contributed by atoms with Crippen molar-refractivity contribution in [1.29, 1.82) is 0 Å². The molecule has 0 aliphatic carbocycles. The van der Waals surface area contributed by atoms with Crippen LogP contribution >= 0.6 is 0 Å². The smallest absolute Gasteiger partial charge is 0.368 e. The standard InChI is InChI=1S/C27H22F5N5O2/c28-18-4-7-20(8-5-18)35-10-12-36(13-11-35)26-33-23-15-19(29)6-9-22(23)24(16-25(38)34-39)37(26)21-3-1-2-17(14-21)27(30,31)32/h1-9,14-15,24H,10-13,16H2. The summed E-state index contributed by atoms with van der Waals surface area (Å²) in [6.45, 7) is 1.72. The molecule has 1 saturated heterocycles. The number of anilines is 2. The highest BCUT2D eigenvalue weighted by molar-refractivity contribution is 6.01. The minimum Gasteiger partial charge on any atom is -0.368 e. The number of nitrogens with zero attached hydrogens (tertiary/aromatic N) is 5. The average Bonchev–Trinajstić information content (AvgIpc) is 2.92. The van der Waals surface area contributed by atoms with Crippen LogP contribution in [0.4, 0.5) is 39.0 Å². The fraction of sp³-hybridized carbons (Fsp3) is 0.259. The van der Waals surface area contributed by atoms with Crippen LogP contribution in [0.2, 0.25) is 0 Å². The fourth-order valence-corrected chi connectivity index (χ4v) is 4.91. The number of hydrogen-bond acceptors (Lipinski definition) is 6. The quantitative estimate of drug-likeness (QED) is 0.297. The number of fused-ring (bicyclic) bond motifs is 1. The van der Waals surface area contributed by atoms with Crippen LogP contribution in [0.15, 0.2) is 76.9 Å². The summed E-state index contributed by atoms with van der Waals surface area (Å²) in [5, 5.41) is 2.49. The Hall–Kier alpha value is -4.35. The Morgan fingerprint density at radius 2 is 1.54 bits per heavy atom. The molecule has 0 aromatic heterocycles. The Labute approximate surface area is 220 Å². The first-order valence-corrected chi connectivity index (χ1v) is 12.1. The second-order valence-corrected chi connectivity index (χ2v) is 9.19. The zero-order valence-corrected chi connectivity index (χ0v) is 20.4. The summed E-state index contributed by atoms with van der Waals surface area (Å²) < 4.78 is 68.4. The third-order valence-electron chi connectivity index (χ3n) is 6.77. The van der Waals surface area contributed by atoms with Gasteiger partial charge < -0.3 is 14.7 Å². The molecule has 0 N–H and O–H groups in total. The first kappa shape index (κ1) is 26.3. The molecule has 202 valence electrons. The second kappa shape index (κ2) is 10.4. The van der Waals surface area contributed by atoms with Gasteiger partial charge in [0.05, 0.1) is 23.7 Å². The summed E-state index contributed by atoms with van der Waals surface area (Å²) in [6, 6.07) is 13.4. The molecule has 1 atom stereocenters. The van der Waals surface area contributed by atoms with Crippen LogP contribution in [-0.4, -0.2) is 42.9 Å². The van der Waals surface area contributed by atoms with Gasteiger partial charge in [0.25, 0.3) is 5.91 Å². The van der Waals surface area contributed by atoms with E-state index in [-0.39, 0.29) is 23.2 Å². The van der Waals surface area contributed by atoms with Gasteiger partial charge in [0.15, 0.2) is 0 Å². The number of halogens is 5. The van der Waals surface area contributed by atoms with E-state index in [1.54, 1.807) is 12.1 Å². The summed E-state index contributed by atoms with van der Waals surface area (Å²) in [6.07, 6.45) is -5.08. The highest BCUT2D eigenvalue weighted by atomic mass is 19.4. The SMILES string of the molecule is O=NC(=O)CC1c2ccc(F)cc2N=C(N2CCN(c3ccc(F)cc3)CC2)N1c1cccc(C(F)(F)F)c1. The maximum absolute atomic E-state index is 14.2. The summed E-state index contributed by atoms with van der Waals surface area (Å²) in [4.78, 5) is 33.2. The molecule has 2 heterocycles. The number of alkyl halides is 3. The van der Waals surface area contributed by atoms with Gasteiger partial charge in [-0.2, -0.15) is 13.2 Å². The van der Waals surface area contributed by atoms with Gasteiger partial charge in [-0.25, -0.2) is 13.8 Å². The van der Waals surface area contributed by atoms with Gasteiger partial charge in [-0.1, -0.05) is 12.1 Å². The van der Waals surface area contributed by atoms with E-state index in [4.69, 9.17) is 0 Å². The predicted octanol–water partition coefficient (Wildman–Crippen LogP) is 6.04. The van der Waals surface area contributed by atoms with Crippen LogP contribution in [0.3, 0.4) is 0 Å². The van der Waals surface area contributed by atoms with Gasteiger partial charge in [-0.3, -0.25) is 4.79 Å². The highest BCUT2D eigenvalue weighted by Gasteiger charge is 2.38. The van der Waals surface area contributed by atoms with Crippen molar-refractivity contribution in [2.24, 2.45) is 10.2 Å². The zero-order valence-electron chi connectivity index (χ0n) is 20.4. The number of benzene rings is 3. The molecule has 7 nitrogen and oxygen atoms in total. The van der Waals surface area contributed by atoms with Gasteiger partial charge in [0, 0.05) is 48.3 Å². The molecule has 5 rings (SSSR count). The molecule has 0 saturated carbocycles. The van der Waals surface area contributed by atoms with Crippen molar-refractivity contribution in [3.8, 4) is 0 Å². The monoisotopic (exact) mass is 543 g/mol. The molecule has 1 amide bonds. The first-order valence-electron chi connectivity index (χ1n) is 12.1. The van der Waals surface area contributed by atoms with E-state index in [0.717, 1.165) is 23.9 Å². The minimum atomic E-state index is -4.62. The van der Waals surface area contributed by atoms with E-state index >= 15 is 0 Å². The zero-order chi connectivity index (χ0) is 27.7. The number of piperazine rings is 1. The maximum Gasteiger partial charge on any atom is 0.416 e. The summed E-state index contributed by atoms with van der Waals surface area (Å²) >= 11 is 0. The fourth-order valence-electron chi connectivity index (χ4n) is 4.91. The molecule has 12 heteroatoms. The maximum atomic E-state index is 14.2. The first-order chi connectivity index (χ1) is 18.6. The third kappa shape index (κ3) is 5.45. The van der Waals surface area contributed by atoms with E-state index in [2.05, 4.69) is 10.2 Å². The van der Waals surface area contributed by atoms with Crippen LogP contribution < -0.4 is 9.80 Å². The van der Waals surface area contributed by atoms with Crippen LogP contribution in [0, 0.1) is 16.5 Å². The molecular formula is C27H22F5N5O2. The Morgan fingerprint density at radius 3 is 2.21 bits per heavy atom. The molecule has 39 heavy (non-hydrogen) atoms. The van der Waals surface area contributed by atoms with Gasteiger partial charge in [-0.15, -0.1) is 4.91 Å². The number of hydrogen-bond donors (Lipinski definition) is 0. The molecule has 1 unspecified atom stereocenters. The van der Waals surface area contributed by atoms with Crippen LogP contribution in [0.5, 0.6) is 0 Å². The van der Waals surface area contributed by atoms with Crippen molar-refractivity contribution in [2.45, 2.75) is 18.6 Å². The Kier molecular flexibility index (Phi) is 7.02. The third-order valence-corrected chi connectivity index (χ3v) is 6.77. The molecule has 3 aromatic carbocycles. The van der Waals surface area contributed by atoms with Gasteiger partial charge in [0.1, 0.15) is 11.6 Å².